The molecule has 2 aromatic heterocycles. The molecule has 84 valence electrons. The normalized spacial score (nSPS) is 12.7. The highest BCUT2D eigenvalue weighted by atomic mass is 15.3. The molecule has 0 saturated carbocycles. The molecule has 1 unspecified atom stereocenters. The molecule has 1 atom stereocenters. The predicted molar refractivity (Wildman–Crippen MR) is 63.6 cm³/mol. The zero-order chi connectivity index (χ0) is 11.5. The Bertz CT molecular complexity index is 475. The van der Waals surface area contributed by atoms with Crippen LogP contribution in [0.2, 0.25) is 0 Å². The Morgan fingerprint density at radius 2 is 2.19 bits per heavy atom. The van der Waals surface area contributed by atoms with Crippen molar-refractivity contribution in [3.05, 3.63) is 41.9 Å². The van der Waals surface area contributed by atoms with Gasteiger partial charge in [0.2, 0.25) is 0 Å². The third kappa shape index (κ3) is 1.97. The first-order chi connectivity index (χ1) is 7.72. The van der Waals surface area contributed by atoms with Crippen LogP contribution in [0.5, 0.6) is 0 Å². The molecule has 0 amide bonds. The smallest absolute Gasteiger partial charge is 0.158 e. The van der Waals surface area contributed by atoms with Crippen molar-refractivity contribution < 1.29 is 0 Å². The predicted octanol–water partition coefficient (Wildman–Crippen LogP) is 1.86. The first-order valence-corrected chi connectivity index (χ1v) is 5.37. The molecule has 2 aromatic rings. The molecule has 4 heteroatoms. The van der Waals surface area contributed by atoms with Crippen LogP contribution in [0.4, 0.5) is 0 Å². The monoisotopic (exact) mass is 216 g/mol. The summed E-state index contributed by atoms with van der Waals surface area (Å²) in [6.45, 7) is 4.08. The first-order valence-electron chi connectivity index (χ1n) is 5.37. The van der Waals surface area contributed by atoms with E-state index >= 15 is 0 Å². The quantitative estimate of drug-likeness (QED) is 0.851. The van der Waals surface area contributed by atoms with Crippen molar-refractivity contribution in [2.75, 3.05) is 7.05 Å². The summed E-state index contributed by atoms with van der Waals surface area (Å²) in [7, 11) is 1.94. The van der Waals surface area contributed by atoms with Gasteiger partial charge in [-0.3, -0.25) is 0 Å². The lowest BCUT2D eigenvalue weighted by atomic mass is 10.1. The maximum Gasteiger partial charge on any atom is 0.158 e. The van der Waals surface area contributed by atoms with E-state index in [1.54, 1.807) is 6.20 Å². The summed E-state index contributed by atoms with van der Waals surface area (Å²) < 4.78 is 1.82. The van der Waals surface area contributed by atoms with Gasteiger partial charge < -0.3 is 5.32 Å². The third-order valence-electron chi connectivity index (χ3n) is 2.66. The minimum atomic E-state index is 0.258. The molecule has 4 nitrogen and oxygen atoms in total. The summed E-state index contributed by atoms with van der Waals surface area (Å²) >= 11 is 0. The molecular formula is C12H16N4. The average molecular weight is 216 g/mol. The van der Waals surface area contributed by atoms with Gasteiger partial charge in [0.15, 0.2) is 5.82 Å². The van der Waals surface area contributed by atoms with Crippen LogP contribution in [0.15, 0.2) is 30.6 Å². The molecule has 0 aromatic carbocycles. The Hall–Kier alpha value is -1.68. The highest BCUT2D eigenvalue weighted by Crippen LogP contribution is 2.18. The molecule has 0 aliphatic carbocycles. The third-order valence-corrected chi connectivity index (χ3v) is 2.66. The lowest BCUT2D eigenvalue weighted by molar-refractivity contribution is 0.638. The summed E-state index contributed by atoms with van der Waals surface area (Å²) in [5.41, 5.74) is 2.14. The van der Waals surface area contributed by atoms with Crippen LogP contribution in [0.25, 0.3) is 5.82 Å². The molecule has 0 radical (unpaired) electrons. The van der Waals surface area contributed by atoms with Gasteiger partial charge in [-0.25, -0.2) is 9.67 Å². The minimum Gasteiger partial charge on any atom is -0.313 e. The number of hydrogen-bond donors (Lipinski definition) is 1. The van der Waals surface area contributed by atoms with E-state index in [2.05, 4.69) is 28.4 Å². The van der Waals surface area contributed by atoms with Crippen molar-refractivity contribution in [1.29, 1.82) is 0 Å². The van der Waals surface area contributed by atoms with Gasteiger partial charge in [0.1, 0.15) is 0 Å². The molecule has 2 rings (SSSR count). The van der Waals surface area contributed by atoms with E-state index in [1.165, 1.54) is 0 Å². The zero-order valence-electron chi connectivity index (χ0n) is 9.81. The Morgan fingerprint density at radius 3 is 2.81 bits per heavy atom. The highest BCUT2D eigenvalue weighted by Gasteiger charge is 2.11. The van der Waals surface area contributed by atoms with Crippen LogP contribution in [-0.2, 0) is 0 Å². The topological polar surface area (TPSA) is 42.7 Å². The van der Waals surface area contributed by atoms with Crippen LogP contribution in [0, 0.1) is 6.92 Å². The molecule has 0 fully saturated rings. The Kier molecular flexibility index (Phi) is 3.01. The van der Waals surface area contributed by atoms with Crippen molar-refractivity contribution >= 4 is 0 Å². The Morgan fingerprint density at radius 1 is 1.38 bits per heavy atom. The minimum absolute atomic E-state index is 0.258. The number of nitrogens with zero attached hydrogens (tertiary/aromatic N) is 3. The molecular weight excluding hydrogens is 200 g/mol. The fourth-order valence-electron chi connectivity index (χ4n) is 1.63. The summed E-state index contributed by atoms with van der Waals surface area (Å²) in [5.74, 6) is 0.887. The van der Waals surface area contributed by atoms with Crippen LogP contribution in [0.3, 0.4) is 0 Å². The Balaban J connectivity index is 2.48. The maximum absolute atomic E-state index is 4.39. The van der Waals surface area contributed by atoms with E-state index < -0.39 is 0 Å². The lowest BCUT2D eigenvalue weighted by Crippen LogP contribution is -2.16. The second-order valence-electron chi connectivity index (χ2n) is 3.83. The van der Waals surface area contributed by atoms with Crippen molar-refractivity contribution in [1.82, 2.24) is 20.1 Å². The maximum atomic E-state index is 4.39. The van der Waals surface area contributed by atoms with Gasteiger partial charge in [-0.05, 0) is 33.0 Å². The molecule has 16 heavy (non-hydrogen) atoms. The first kappa shape index (κ1) is 10.8. The van der Waals surface area contributed by atoms with E-state index in [0.717, 1.165) is 17.1 Å². The molecule has 1 N–H and O–H groups in total. The van der Waals surface area contributed by atoms with E-state index in [1.807, 2.05) is 37.0 Å². The van der Waals surface area contributed by atoms with E-state index in [9.17, 15) is 0 Å². The van der Waals surface area contributed by atoms with Gasteiger partial charge in [0, 0.05) is 24.0 Å². The van der Waals surface area contributed by atoms with Crippen molar-refractivity contribution in [2.45, 2.75) is 19.9 Å². The fraction of sp³-hybridized carbons (Fsp3) is 0.333. The largest absolute Gasteiger partial charge is 0.313 e. The van der Waals surface area contributed by atoms with Gasteiger partial charge in [-0.2, -0.15) is 5.10 Å². The van der Waals surface area contributed by atoms with Crippen LogP contribution < -0.4 is 5.32 Å². The van der Waals surface area contributed by atoms with Gasteiger partial charge in [0.25, 0.3) is 0 Å². The van der Waals surface area contributed by atoms with Gasteiger partial charge in [-0.15, -0.1) is 0 Å². The van der Waals surface area contributed by atoms with E-state index in [4.69, 9.17) is 0 Å². The molecule has 0 aliphatic heterocycles. The molecule has 0 aliphatic rings. The fourth-order valence-corrected chi connectivity index (χ4v) is 1.63. The number of hydrogen-bond acceptors (Lipinski definition) is 3. The number of nitrogens with one attached hydrogen (secondary N) is 1. The van der Waals surface area contributed by atoms with E-state index in [-0.39, 0.29) is 6.04 Å². The summed E-state index contributed by atoms with van der Waals surface area (Å²) in [5, 5.41) is 7.60. The van der Waals surface area contributed by atoms with Gasteiger partial charge >= 0.3 is 0 Å². The summed E-state index contributed by atoms with van der Waals surface area (Å²) in [4.78, 5) is 4.39. The highest BCUT2D eigenvalue weighted by molar-refractivity contribution is 5.35. The summed E-state index contributed by atoms with van der Waals surface area (Å²) in [6.07, 6.45) is 3.72. The SMILES string of the molecule is CNC(C)c1cccnc1-n1ccc(C)n1. The standard InChI is InChI=1S/C12H16N4/c1-9-6-8-16(15-9)12-11(10(2)13-3)5-4-7-14-12/h4-8,10,13H,1-3H3. The van der Waals surface area contributed by atoms with Crippen molar-refractivity contribution in [3.8, 4) is 5.82 Å². The number of aromatic nitrogens is 3. The number of aryl methyl sites for hydroxylation is 1. The van der Waals surface area contributed by atoms with Gasteiger partial charge in [0.05, 0.1) is 5.69 Å². The van der Waals surface area contributed by atoms with Crippen molar-refractivity contribution in [2.24, 2.45) is 0 Å². The Labute approximate surface area is 95.3 Å². The molecule has 0 spiro atoms. The second-order valence-corrected chi connectivity index (χ2v) is 3.83. The molecule has 2 heterocycles. The van der Waals surface area contributed by atoms with Crippen molar-refractivity contribution in [3.63, 3.8) is 0 Å². The van der Waals surface area contributed by atoms with E-state index in [0.29, 0.717) is 0 Å². The van der Waals surface area contributed by atoms with Gasteiger partial charge in [-0.1, -0.05) is 6.07 Å². The number of rotatable bonds is 3. The molecule has 0 bridgehead atoms. The van der Waals surface area contributed by atoms with Crippen LogP contribution in [0.1, 0.15) is 24.2 Å². The second kappa shape index (κ2) is 4.45. The lowest BCUT2D eigenvalue weighted by Gasteiger charge is -2.14. The van der Waals surface area contributed by atoms with Crippen LogP contribution in [-0.4, -0.2) is 21.8 Å². The zero-order valence-corrected chi connectivity index (χ0v) is 9.81. The summed E-state index contributed by atoms with van der Waals surface area (Å²) in [6, 6.07) is 6.25. The molecule has 0 saturated heterocycles. The van der Waals surface area contributed by atoms with Crippen LogP contribution >= 0.6 is 0 Å². The number of pyridine rings is 1. The average Bonchev–Trinajstić information content (AvgIpc) is 2.75.